The lowest BCUT2D eigenvalue weighted by Crippen LogP contribution is -1.97. The largest absolute Gasteiger partial charge is 0.235 e. The first-order chi connectivity index (χ1) is 6.72. The molecule has 1 aromatic heterocycles. The van der Waals surface area contributed by atoms with Gasteiger partial charge in [0.05, 0.1) is 0 Å². The zero-order chi connectivity index (χ0) is 10.4. The lowest BCUT2D eigenvalue weighted by molar-refractivity contribution is 0.554. The lowest BCUT2D eigenvalue weighted by atomic mass is 10.1. The van der Waals surface area contributed by atoms with Crippen molar-refractivity contribution in [2.24, 2.45) is 5.92 Å². The molecular formula is C10H17NS3. The third-order valence-corrected chi connectivity index (χ3v) is 4.49. The van der Waals surface area contributed by atoms with Gasteiger partial charge in [-0.1, -0.05) is 18.7 Å². The van der Waals surface area contributed by atoms with Gasteiger partial charge in [-0.2, -0.15) is 12.6 Å². The van der Waals surface area contributed by atoms with Gasteiger partial charge in [-0.3, -0.25) is 0 Å². The van der Waals surface area contributed by atoms with Crippen LogP contribution in [0.1, 0.15) is 25.5 Å². The van der Waals surface area contributed by atoms with Gasteiger partial charge >= 0.3 is 0 Å². The summed E-state index contributed by atoms with van der Waals surface area (Å²) in [4.78, 5) is 4.42. The molecule has 1 rings (SSSR count). The van der Waals surface area contributed by atoms with Gasteiger partial charge < -0.3 is 0 Å². The van der Waals surface area contributed by atoms with E-state index in [9.17, 15) is 0 Å². The van der Waals surface area contributed by atoms with Gasteiger partial charge in [0.2, 0.25) is 0 Å². The first kappa shape index (κ1) is 12.4. The molecule has 0 saturated heterocycles. The monoisotopic (exact) mass is 247 g/mol. The summed E-state index contributed by atoms with van der Waals surface area (Å²) >= 11 is 7.87. The fourth-order valence-electron chi connectivity index (χ4n) is 1.11. The summed E-state index contributed by atoms with van der Waals surface area (Å²) in [5, 5.41) is 2.11. The SMILES string of the molecule is Cc1csc(SCCC(C)CCS)n1. The molecule has 14 heavy (non-hydrogen) atoms. The Bertz CT molecular complexity index is 260. The second-order valence-electron chi connectivity index (χ2n) is 3.51. The summed E-state index contributed by atoms with van der Waals surface area (Å²) in [6.45, 7) is 4.34. The van der Waals surface area contributed by atoms with E-state index < -0.39 is 0 Å². The number of nitrogens with zero attached hydrogens (tertiary/aromatic N) is 1. The fraction of sp³-hybridized carbons (Fsp3) is 0.700. The van der Waals surface area contributed by atoms with E-state index in [4.69, 9.17) is 0 Å². The van der Waals surface area contributed by atoms with Crippen molar-refractivity contribution in [2.45, 2.75) is 31.0 Å². The summed E-state index contributed by atoms with van der Waals surface area (Å²) in [5.74, 6) is 2.98. The van der Waals surface area contributed by atoms with E-state index >= 15 is 0 Å². The van der Waals surface area contributed by atoms with Crippen molar-refractivity contribution in [3.8, 4) is 0 Å². The van der Waals surface area contributed by atoms with Crippen molar-refractivity contribution in [1.82, 2.24) is 4.98 Å². The molecule has 0 aliphatic heterocycles. The maximum atomic E-state index is 4.42. The predicted octanol–water partition coefficient (Wildman–Crippen LogP) is 3.89. The lowest BCUT2D eigenvalue weighted by Gasteiger charge is -2.07. The summed E-state index contributed by atoms with van der Waals surface area (Å²) in [6, 6.07) is 0. The standard InChI is InChI=1S/C10H17NS3/c1-8(3-5-12)4-6-13-10-11-9(2)7-14-10/h7-8,12H,3-6H2,1-2H3. The molecular weight excluding hydrogens is 230 g/mol. The minimum absolute atomic E-state index is 0.793. The maximum Gasteiger partial charge on any atom is 0.150 e. The molecule has 0 spiro atoms. The first-order valence-corrected chi connectivity index (χ1v) is 7.38. The molecule has 0 fully saturated rings. The Morgan fingerprint density at radius 1 is 1.57 bits per heavy atom. The van der Waals surface area contributed by atoms with E-state index in [1.54, 1.807) is 11.3 Å². The average molecular weight is 247 g/mol. The van der Waals surface area contributed by atoms with Gasteiger partial charge in [0.15, 0.2) is 0 Å². The van der Waals surface area contributed by atoms with E-state index in [1.807, 2.05) is 18.7 Å². The molecule has 1 atom stereocenters. The first-order valence-electron chi connectivity index (χ1n) is 4.88. The van der Waals surface area contributed by atoms with Crippen molar-refractivity contribution in [1.29, 1.82) is 0 Å². The van der Waals surface area contributed by atoms with Gasteiger partial charge in [-0.25, -0.2) is 4.98 Å². The summed E-state index contributed by atoms with van der Waals surface area (Å²) in [7, 11) is 0. The third-order valence-electron chi connectivity index (χ3n) is 2.06. The molecule has 1 unspecified atom stereocenters. The number of hydrogen-bond donors (Lipinski definition) is 1. The second kappa shape index (κ2) is 6.75. The molecule has 0 N–H and O–H groups in total. The number of rotatable bonds is 6. The smallest absolute Gasteiger partial charge is 0.150 e. The van der Waals surface area contributed by atoms with Crippen LogP contribution in [0.2, 0.25) is 0 Å². The summed E-state index contributed by atoms with van der Waals surface area (Å²) in [6.07, 6.45) is 2.49. The van der Waals surface area contributed by atoms with Crippen LogP contribution in [0.3, 0.4) is 0 Å². The van der Waals surface area contributed by atoms with E-state index in [0.717, 1.165) is 17.4 Å². The van der Waals surface area contributed by atoms with Crippen LogP contribution in [0.25, 0.3) is 0 Å². The molecule has 1 nitrogen and oxygen atoms in total. The molecule has 1 heterocycles. The molecule has 0 aromatic carbocycles. The Morgan fingerprint density at radius 3 is 2.93 bits per heavy atom. The fourth-order valence-corrected chi connectivity index (χ4v) is 3.64. The maximum absolute atomic E-state index is 4.42. The number of aromatic nitrogens is 1. The Morgan fingerprint density at radius 2 is 2.36 bits per heavy atom. The summed E-state index contributed by atoms with van der Waals surface area (Å²) in [5.41, 5.74) is 1.14. The topological polar surface area (TPSA) is 12.9 Å². The van der Waals surface area contributed by atoms with Crippen molar-refractivity contribution in [3.63, 3.8) is 0 Å². The molecule has 80 valence electrons. The molecule has 0 bridgehead atoms. The molecule has 0 radical (unpaired) electrons. The third kappa shape index (κ3) is 4.71. The van der Waals surface area contributed by atoms with Crippen molar-refractivity contribution in [3.05, 3.63) is 11.1 Å². The Labute approximate surface area is 100 Å². The van der Waals surface area contributed by atoms with E-state index in [-0.39, 0.29) is 0 Å². The molecule has 0 aliphatic carbocycles. The van der Waals surface area contributed by atoms with Crippen molar-refractivity contribution in [2.75, 3.05) is 11.5 Å². The Hall–Kier alpha value is 0.330. The van der Waals surface area contributed by atoms with Crippen LogP contribution in [0.5, 0.6) is 0 Å². The molecule has 0 saturated carbocycles. The zero-order valence-corrected chi connectivity index (χ0v) is 11.2. The highest BCUT2D eigenvalue weighted by molar-refractivity contribution is 8.01. The van der Waals surface area contributed by atoms with Crippen LogP contribution in [-0.2, 0) is 0 Å². The highest BCUT2D eigenvalue weighted by atomic mass is 32.2. The average Bonchev–Trinajstić information content (AvgIpc) is 2.52. The van der Waals surface area contributed by atoms with Crippen molar-refractivity contribution >= 4 is 35.7 Å². The molecule has 0 amide bonds. The normalized spacial score (nSPS) is 13.1. The van der Waals surface area contributed by atoms with Crippen LogP contribution in [0.15, 0.2) is 9.72 Å². The number of thioether (sulfide) groups is 1. The van der Waals surface area contributed by atoms with Crippen LogP contribution in [0, 0.1) is 12.8 Å². The number of thiazole rings is 1. The van der Waals surface area contributed by atoms with Crippen LogP contribution >= 0.6 is 35.7 Å². The highest BCUT2D eigenvalue weighted by Crippen LogP contribution is 2.24. The van der Waals surface area contributed by atoms with Gasteiger partial charge in [0, 0.05) is 16.8 Å². The van der Waals surface area contributed by atoms with Crippen molar-refractivity contribution < 1.29 is 0 Å². The highest BCUT2D eigenvalue weighted by Gasteiger charge is 2.03. The van der Waals surface area contributed by atoms with Crippen LogP contribution < -0.4 is 0 Å². The Kier molecular flexibility index (Phi) is 5.98. The number of aryl methyl sites for hydroxylation is 1. The number of hydrogen-bond acceptors (Lipinski definition) is 4. The minimum Gasteiger partial charge on any atom is -0.235 e. The van der Waals surface area contributed by atoms with E-state index in [1.165, 1.54) is 22.9 Å². The van der Waals surface area contributed by atoms with Gasteiger partial charge in [-0.15, -0.1) is 11.3 Å². The number of thiol groups is 1. The zero-order valence-electron chi connectivity index (χ0n) is 8.69. The van der Waals surface area contributed by atoms with E-state index in [2.05, 4.69) is 29.9 Å². The molecule has 4 heteroatoms. The van der Waals surface area contributed by atoms with Crippen LogP contribution in [0.4, 0.5) is 0 Å². The molecule has 0 aliphatic rings. The van der Waals surface area contributed by atoms with Gasteiger partial charge in [0.1, 0.15) is 4.34 Å². The Balaban J connectivity index is 2.15. The predicted molar refractivity (Wildman–Crippen MR) is 69.8 cm³/mol. The summed E-state index contributed by atoms with van der Waals surface area (Å²) < 4.78 is 1.21. The van der Waals surface area contributed by atoms with Gasteiger partial charge in [-0.05, 0) is 31.4 Å². The minimum atomic E-state index is 0.793. The molecule has 1 aromatic rings. The van der Waals surface area contributed by atoms with Gasteiger partial charge in [0.25, 0.3) is 0 Å². The second-order valence-corrected chi connectivity index (χ2v) is 6.16. The van der Waals surface area contributed by atoms with Crippen LogP contribution in [-0.4, -0.2) is 16.5 Å². The van der Waals surface area contributed by atoms with E-state index in [0.29, 0.717) is 0 Å². The quantitative estimate of drug-likeness (QED) is 0.605.